The highest BCUT2D eigenvalue weighted by molar-refractivity contribution is 5.75. The van der Waals surface area contributed by atoms with Crippen LogP contribution in [0.4, 0.5) is 0 Å². The van der Waals surface area contributed by atoms with Gasteiger partial charge in [0.1, 0.15) is 24.4 Å². The van der Waals surface area contributed by atoms with Gasteiger partial charge in [-0.1, -0.05) is 0 Å². The molecule has 0 heterocycles. The molecule has 0 radical (unpaired) electrons. The molecule has 0 spiro atoms. The normalized spacial score (nSPS) is 19.5. The minimum absolute atomic E-state index is 0. The van der Waals surface area contributed by atoms with E-state index in [1.807, 2.05) is 0 Å². The van der Waals surface area contributed by atoms with Gasteiger partial charge in [0.15, 0.2) is 6.29 Å². The molecule has 0 aliphatic carbocycles. The molecule has 0 aromatic carbocycles. The van der Waals surface area contributed by atoms with E-state index in [-0.39, 0.29) is 17.3 Å². The van der Waals surface area contributed by atoms with E-state index in [4.69, 9.17) is 25.5 Å². The van der Waals surface area contributed by atoms with Crippen LogP contribution in [0.25, 0.3) is 0 Å². The largest absolute Gasteiger partial charge is 0.394 e. The topological polar surface area (TPSA) is 118 Å². The molecule has 5 N–H and O–H groups in total. The van der Waals surface area contributed by atoms with E-state index >= 15 is 0 Å². The Kier molecular flexibility index (Phi) is 8.32. The first-order chi connectivity index (χ1) is 5.54. The van der Waals surface area contributed by atoms with Crippen molar-refractivity contribution in [3.8, 4) is 0 Å². The second kappa shape index (κ2) is 7.13. The summed E-state index contributed by atoms with van der Waals surface area (Å²) >= 11 is 0. The summed E-state index contributed by atoms with van der Waals surface area (Å²) in [4.78, 5) is 9.90. The Balaban J connectivity index is 0. The summed E-state index contributed by atoms with van der Waals surface area (Å²) in [5, 5.41) is 43.5. The van der Waals surface area contributed by atoms with Gasteiger partial charge in [-0.05, 0) is 11.0 Å². The van der Waals surface area contributed by atoms with E-state index in [0.717, 1.165) is 0 Å². The monoisotopic (exact) mass is 212 g/mol. The van der Waals surface area contributed by atoms with Crippen molar-refractivity contribution >= 4 is 17.3 Å². The summed E-state index contributed by atoms with van der Waals surface area (Å²) in [6.07, 6.45) is -6.84. The van der Waals surface area contributed by atoms with Crippen molar-refractivity contribution in [2.24, 2.45) is 0 Å². The predicted molar refractivity (Wildman–Crippen MR) is 48.5 cm³/mol. The van der Waals surface area contributed by atoms with Crippen LogP contribution in [0.15, 0.2) is 0 Å². The van der Waals surface area contributed by atoms with Gasteiger partial charge in [0.05, 0.1) is 6.61 Å². The van der Waals surface area contributed by atoms with E-state index in [1.165, 1.54) is 0 Å². The average molecular weight is 212 g/mol. The molecule has 6 nitrogen and oxygen atoms in total. The van der Waals surface area contributed by atoms with Crippen LogP contribution in [0.3, 0.4) is 0 Å². The lowest BCUT2D eigenvalue weighted by molar-refractivity contribution is -0.136. The molecular weight excluding hydrogens is 196 g/mol. The molecule has 0 aromatic rings. The lowest BCUT2D eigenvalue weighted by Crippen LogP contribution is -2.46. The average Bonchev–Trinajstić information content (AvgIpc) is 2.12. The smallest absolute Gasteiger partial charge is 0.151 e. The second-order valence-corrected chi connectivity index (χ2v) is 2.36. The Labute approximate surface area is 79.5 Å². The molecule has 0 aliphatic heterocycles. The second-order valence-electron chi connectivity index (χ2n) is 2.36. The lowest BCUT2D eigenvalue weighted by atomic mass is 10.0. The van der Waals surface area contributed by atoms with E-state index in [2.05, 4.69) is 0 Å². The third-order valence-corrected chi connectivity index (χ3v) is 1.42. The Morgan fingerprint density at radius 1 is 1.08 bits per heavy atom. The van der Waals surface area contributed by atoms with Gasteiger partial charge in [0.25, 0.3) is 0 Å². The lowest BCUT2D eigenvalue weighted by Gasteiger charge is -2.22. The predicted octanol–water partition coefficient (Wildman–Crippen LogP) is -4.83. The minimum Gasteiger partial charge on any atom is -0.394 e. The molecule has 80 valence electrons. The summed E-state index contributed by atoms with van der Waals surface area (Å²) in [6.45, 7) is -0.760. The van der Waals surface area contributed by atoms with Crippen LogP contribution in [0.5, 0.6) is 0 Å². The van der Waals surface area contributed by atoms with Gasteiger partial charge in [0, 0.05) is 0 Å². The quantitative estimate of drug-likeness (QED) is 0.230. The zero-order valence-corrected chi connectivity index (χ0v) is 6.24. The first kappa shape index (κ1) is 15.2. The zero-order valence-electron chi connectivity index (χ0n) is 6.24. The molecule has 0 bridgehead atoms. The maximum atomic E-state index is 9.90. The number of aldehydes is 1. The highest BCUT2D eigenvalue weighted by Crippen LogP contribution is 2.02. The molecule has 0 rings (SSSR count). The maximum absolute atomic E-state index is 9.90. The fourth-order valence-electron chi connectivity index (χ4n) is 0.618. The molecule has 0 fully saturated rings. The molecule has 0 saturated carbocycles. The molecule has 4 atom stereocenters. The number of hydrogen-bond donors (Lipinski definition) is 5. The number of carbonyl (C=O) groups is 1. The van der Waals surface area contributed by atoms with Crippen LogP contribution in [-0.2, 0) is 4.79 Å². The van der Waals surface area contributed by atoms with Crippen molar-refractivity contribution in [1.82, 2.24) is 0 Å². The van der Waals surface area contributed by atoms with Crippen molar-refractivity contribution in [1.29, 1.82) is 0 Å². The summed E-state index contributed by atoms with van der Waals surface area (Å²) in [5.41, 5.74) is 0. The van der Waals surface area contributed by atoms with Gasteiger partial charge < -0.3 is 30.3 Å². The van der Waals surface area contributed by atoms with Gasteiger partial charge in [-0.15, -0.1) is 0 Å². The van der Waals surface area contributed by atoms with Gasteiger partial charge >= 0.3 is 0 Å². The van der Waals surface area contributed by atoms with Crippen LogP contribution < -0.4 is 0 Å². The Bertz CT molecular complexity index is 143. The fourth-order valence-corrected chi connectivity index (χ4v) is 0.618. The molecule has 0 aromatic heterocycles. The first-order valence-corrected chi connectivity index (χ1v) is 3.33. The summed E-state index contributed by atoms with van der Waals surface area (Å²) in [5.74, 6) is 0. The van der Waals surface area contributed by atoms with Crippen LogP contribution >= 0.6 is 0 Å². The standard InChI is InChI=1S/C6H12O6.H4Si/c7-1-3(9)5(11)6(12)4(10)2-8;/h1,3-6,8-12H,2H2;1H4/t3-,4+,5+,6+;/m0./s1. The summed E-state index contributed by atoms with van der Waals surface area (Å²) in [6, 6.07) is 0. The van der Waals surface area contributed by atoms with Gasteiger partial charge in [-0.3, -0.25) is 0 Å². The molecule has 7 heteroatoms. The molecule has 0 saturated heterocycles. The highest BCUT2D eigenvalue weighted by Gasteiger charge is 2.29. The Hall–Kier alpha value is -0.313. The van der Waals surface area contributed by atoms with E-state index in [1.54, 1.807) is 0 Å². The van der Waals surface area contributed by atoms with Crippen molar-refractivity contribution in [2.45, 2.75) is 24.4 Å². The van der Waals surface area contributed by atoms with E-state index < -0.39 is 31.0 Å². The minimum atomic E-state index is -1.79. The SMILES string of the molecule is O=C[C@H](O)[C@@H](O)[C@H](O)[C@H](O)CO.[SiH4]. The van der Waals surface area contributed by atoms with Crippen LogP contribution in [0.2, 0.25) is 0 Å². The van der Waals surface area contributed by atoms with Crippen molar-refractivity contribution in [3.63, 3.8) is 0 Å². The van der Waals surface area contributed by atoms with E-state index in [9.17, 15) is 4.79 Å². The molecule has 0 unspecified atom stereocenters. The van der Waals surface area contributed by atoms with Crippen molar-refractivity contribution < 1.29 is 30.3 Å². The maximum Gasteiger partial charge on any atom is 0.151 e. The number of carbonyl (C=O) groups excluding carboxylic acids is 1. The highest BCUT2D eigenvalue weighted by atomic mass is 28.1. The first-order valence-electron chi connectivity index (χ1n) is 3.33. The Morgan fingerprint density at radius 3 is 1.85 bits per heavy atom. The number of aliphatic hydroxyl groups is 5. The summed E-state index contributed by atoms with van der Waals surface area (Å²) < 4.78 is 0. The molecular formula is C6H16O6Si. The van der Waals surface area contributed by atoms with E-state index in [0.29, 0.717) is 0 Å². The van der Waals surface area contributed by atoms with Crippen molar-refractivity contribution in [3.05, 3.63) is 0 Å². The third kappa shape index (κ3) is 4.46. The molecule has 0 amide bonds. The fraction of sp³-hybridized carbons (Fsp3) is 0.833. The number of aliphatic hydroxyl groups excluding tert-OH is 5. The molecule has 13 heavy (non-hydrogen) atoms. The summed E-state index contributed by atoms with van der Waals surface area (Å²) in [7, 11) is 0. The Morgan fingerprint density at radius 2 is 1.54 bits per heavy atom. The van der Waals surface area contributed by atoms with Crippen LogP contribution in [-0.4, -0.2) is 73.8 Å². The van der Waals surface area contributed by atoms with Gasteiger partial charge in [0.2, 0.25) is 0 Å². The molecule has 0 aliphatic rings. The number of hydrogen-bond acceptors (Lipinski definition) is 6. The van der Waals surface area contributed by atoms with Crippen LogP contribution in [0, 0.1) is 0 Å². The van der Waals surface area contributed by atoms with Crippen LogP contribution in [0.1, 0.15) is 0 Å². The van der Waals surface area contributed by atoms with Gasteiger partial charge in [-0.25, -0.2) is 0 Å². The van der Waals surface area contributed by atoms with Gasteiger partial charge in [-0.2, -0.15) is 0 Å². The number of rotatable bonds is 5. The third-order valence-electron chi connectivity index (χ3n) is 1.42. The zero-order chi connectivity index (χ0) is 9.72. The van der Waals surface area contributed by atoms with Crippen molar-refractivity contribution in [2.75, 3.05) is 6.61 Å².